The molecule has 0 spiro atoms. The number of fused-ring (bicyclic) bond motifs is 1. The van der Waals surface area contributed by atoms with Gasteiger partial charge >= 0.3 is 5.97 Å². The summed E-state index contributed by atoms with van der Waals surface area (Å²) in [6.07, 6.45) is 7.72. The molecule has 1 aliphatic carbocycles. The van der Waals surface area contributed by atoms with Crippen molar-refractivity contribution in [2.24, 2.45) is 0 Å². The summed E-state index contributed by atoms with van der Waals surface area (Å²) in [5.74, 6) is -0.818. The number of carboxylic acids is 1. The Hall–Kier alpha value is -4.46. The number of carbonyl (C=O) groups excluding carboxylic acids is 1. The first-order chi connectivity index (χ1) is 18.8. The molecule has 0 aliphatic heterocycles. The van der Waals surface area contributed by atoms with Gasteiger partial charge in [-0.3, -0.25) is 14.5 Å². The van der Waals surface area contributed by atoms with Crippen LogP contribution in [-0.4, -0.2) is 36.9 Å². The first-order valence-electron chi connectivity index (χ1n) is 13.2. The number of anilines is 1. The van der Waals surface area contributed by atoms with Crippen LogP contribution in [0.2, 0.25) is 0 Å². The first-order valence-corrected chi connectivity index (χ1v) is 13.2. The van der Waals surface area contributed by atoms with E-state index in [-0.39, 0.29) is 29.1 Å². The predicted molar refractivity (Wildman–Crippen MR) is 148 cm³/mol. The van der Waals surface area contributed by atoms with Gasteiger partial charge in [0.05, 0.1) is 42.7 Å². The van der Waals surface area contributed by atoms with Crippen LogP contribution in [0.25, 0.3) is 0 Å². The lowest BCUT2D eigenvalue weighted by molar-refractivity contribution is -0.120. The topological polar surface area (TPSA) is 109 Å². The van der Waals surface area contributed by atoms with E-state index in [1.54, 1.807) is 58.4 Å². The van der Waals surface area contributed by atoms with Crippen molar-refractivity contribution in [1.29, 1.82) is 0 Å². The van der Waals surface area contributed by atoms with Crippen molar-refractivity contribution in [2.75, 3.05) is 4.90 Å². The van der Waals surface area contributed by atoms with Gasteiger partial charge < -0.3 is 15.1 Å². The molecule has 4 aromatic rings. The molecule has 0 fully saturated rings. The molecule has 8 heteroatoms. The van der Waals surface area contributed by atoms with Crippen molar-refractivity contribution in [3.63, 3.8) is 0 Å². The van der Waals surface area contributed by atoms with Crippen LogP contribution in [0, 0.1) is 0 Å². The SMILES string of the molecule is CC(C)c1ccc(N(Cc2cnn(Cc3ccc(C(=O)O)cc3)c2)C(=O)C2CCCc3c(O)cccc32)cn1. The Kier molecular flexibility index (Phi) is 7.45. The van der Waals surface area contributed by atoms with Crippen molar-refractivity contribution in [2.45, 2.75) is 58.0 Å². The average Bonchev–Trinajstić information content (AvgIpc) is 3.38. The first kappa shape index (κ1) is 26.2. The number of phenolic OH excluding ortho intramolecular Hbond substituents is 1. The van der Waals surface area contributed by atoms with Gasteiger partial charge in [0, 0.05) is 17.5 Å². The Balaban J connectivity index is 1.42. The fraction of sp³-hybridized carbons (Fsp3) is 0.290. The number of aromatic nitrogens is 3. The fourth-order valence-corrected chi connectivity index (χ4v) is 5.17. The van der Waals surface area contributed by atoms with Gasteiger partial charge in [-0.2, -0.15) is 5.10 Å². The summed E-state index contributed by atoms with van der Waals surface area (Å²) in [5.41, 5.74) is 5.46. The fourth-order valence-electron chi connectivity index (χ4n) is 5.17. The van der Waals surface area contributed by atoms with Crippen LogP contribution in [0.4, 0.5) is 5.69 Å². The Morgan fingerprint density at radius 1 is 1.05 bits per heavy atom. The highest BCUT2D eigenvalue weighted by molar-refractivity contribution is 5.98. The van der Waals surface area contributed by atoms with Gasteiger partial charge in [0.25, 0.3) is 0 Å². The monoisotopic (exact) mass is 524 g/mol. The number of carboxylic acid groups (broad SMARTS) is 1. The quantitative estimate of drug-likeness (QED) is 0.315. The highest BCUT2D eigenvalue weighted by atomic mass is 16.4. The Morgan fingerprint density at radius 2 is 1.85 bits per heavy atom. The molecule has 0 bridgehead atoms. The molecule has 0 saturated heterocycles. The zero-order valence-corrected chi connectivity index (χ0v) is 22.1. The molecule has 200 valence electrons. The van der Waals surface area contributed by atoms with Crippen LogP contribution in [0.15, 0.2) is 73.2 Å². The van der Waals surface area contributed by atoms with Crippen molar-refractivity contribution in [1.82, 2.24) is 14.8 Å². The summed E-state index contributed by atoms with van der Waals surface area (Å²) in [5, 5.41) is 24.0. The van der Waals surface area contributed by atoms with Gasteiger partial charge in [0.2, 0.25) is 5.91 Å². The van der Waals surface area contributed by atoms with Gasteiger partial charge in [0.15, 0.2) is 0 Å². The summed E-state index contributed by atoms with van der Waals surface area (Å²) < 4.78 is 1.78. The third-order valence-corrected chi connectivity index (χ3v) is 7.29. The molecular weight excluding hydrogens is 492 g/mol. The number of hydrogen-bond donors (Lipinski definition) is 2. The lowest BCUT2D eigenvalue weighted by Crippen LogP contribution is -2.36. The van der Waals surface area contributed by atoms with Crippen molar-refractivity contribution in [3.05, 3.63) is 107 Å². The lowest BCUT2D eigenvalue weighted by atomic mass is 9.81. The minimum Gasteiger partial charge on any atom is -0.508 e. The molecule has 2 N–H and O–H groups in total. The van der Waals surface area contributed by atoms with Crippen LogP contribution in [-0.2, 0) is 24.3 Å². The molecular formula is C31H32N4O4. The standard InChI is InChI=1S/C31H32N4O4/c1-20(2)28-14-13-24(16-32-28)35(30(37)27-7-3-6-26-25(27)5-4-8-29(26)36)19-22-15-33-34(18-22)17-21-9-11-23(12-10-21)31(38)39/h4-5,8-16,18,20,27,36H,3,6-7,17,19H2,1-2H3,(H,38,39). The molecule has 2 aromatic carbocycles. The van der Waals surface area contributed by atoms with E-state index in [0.29, 0.717) is 18.8 Å². The maximum Gasteiger partial charge on any atom is 0.335 e. The summed E-state index contributed by atoms with van der Waals surface area (Å²) in [7, 11) is 0. The van der Waals surface area contributed by atoms with E-state index in [2.05, 4.69) is 23.9 Å². The van der Waals surface area contributed by atoms with Crippen LogP contribution >= 0.6 is 0 Å². The second kappa shape index (κ2) is 11.1. The Bertz CT molecular complexity index is 1480. The van der Waals surface area contributed by atoms with E-state index >= 15 is 0 Å². The molecule has 2 aromatic heterocycles. The number of aromatic hydroxyl groups is 1. The van der Waals surface area contributed by atoms with E-state index in [4.69, 9.17) is 5.11 Å². The number of aromatic carboxylic acids is 1. The second-order valence-electron chi connectivity index (χ2n) is 10.4. The van der Waals surface area contributed by atoms with Crippen molar-refractivity contribution >= 4 is 17.6 Å². The van der Waals surface area contributed by atoms with Gasteiger partial charge in [-0.05, 0) is 72.2 Å². The molecule has 1 aliphatic rings. The van der Waals surface area contributed by atoms with Crippen LogP contribution in [0.3, 0.4) is 0 Å². The minimum atomic E-state index is -0.959. The molecule has 5 rings (SSSR count). The second-order valence-corrected chi connectivity index (χ2v) is 10.4. The van der Waals surface area contributed by atoms with Gasteiger partial charge in [-0.25, -0.2) is 4.79 Å². The molecule has 39 heavy (non-hydrogen) atoms. The molecule has 1 unspecified atom stereocenters. The van der Waals surface area contributed by atoms with Crippen molar-refractivity contribution < 1.29 is 19.8 Å². The summed E-state index contributed by atoms with van der Waals surface area (Å²) >= 11 is 0. The molecule has 0 saturated carbocycles. The number of hydrogen-bond acceptors (Lipinski definition) is 5. The number of nitrogens with zero attached hydrogens (tertiary/aromatic N) is 4. The number of carbonyl (C=O) groups is 2. The van der Waals surface area contributed by atoms with Crippen LogP contribution in [0.5, 0.6) is 5.75 Å². The zero-order valence-electron chi connectivity index (χ0n) is 22.1. The van der Waals surface area contributed by atoms with E-state index in [9.17, 15) is 14.7 Å². The summed E-state index contributed by atoms with van der Waals surface area (Å²) in [6.45, 7) is 4.97. The smallest absolute Gasteiger partial charge is 0.335 e. The third-order valence-electron chi connectivity index (χ3n) is 7.29. The van der Waals surface area contributed by atoms with Gasteiger partial charge in [0.1, 0.15) is 5.75 Å². The highest BCUT2D eigenvalue weighted by Crippen LogP contribution is 2.38. The molecule has 1 atom stereocenters. The normalized spacial score (nSPS) is 14.7. The maximum atomic E-state index is 14.1. The van der Waals surface area contributed by atoms with Gasteiger partial charge in [-0.15, -0.1) is 0 Å². The number of amides is 1. The van der Waals surface area contributed by atoms with E-state index < -0.39 is 5.97 Å². The number of phenols is 1. The average molecular weight is 525 g/mol. The molecule has 0 radical (unpaired) electrons. The number of rotatable bonds is 8. The predicted octanol–water partition coefficient (Wildman–Crippen LogP) is 5.51. The molecule has 1 amide bonds. The Morgan fingerprint density at radius 3 is 2.54 bits per heavy atom. The maximum absolute atomic E-state index is 14.1. The Labute approximate surface area is 227 Å². The molecule has 8 nitrogen and oxygen atoms in total. The van der Waals surface area contributed by atoms with E-state index in [1.165, 1.54) is 0 Å². The lowest BCUT2D eigenvalue weighted by Gasteiger charge is -2.31. The number of pyridine rings is 1. The van der Waals surface area contributed by atoms with Crippen molar-refractivity contribution in [3.8, 4) is 5.75 Å². The summed E-state index contributed by atoms with van der Waals surface area (Å²) in [4.78, 5) is 31.6. The minimum absolute atomic E-state index is 0.0299. The van der Waals surface area contributed by atoms with Crippen LogP contribution < -0.4 is 4.90 Å². The number of benzene rings is 2. The zero-order chi connectivity index (χ0) is 27.5. The van der Waals surface area contributed by atoms with Gasteiger partial charge in [-0.1, -0.05) is 38.1 Å². The van der Waals surface area contributed by atoms with Crippen LogP contribution in [0.1, 0.15) is 76.8 Å². The highest BCUT2D eigenvalue weighted by Gasteiger charge is 2.32. The van der Waals surface area contributed by atoms with E-state index in [1.807, 2.05) is 24.4 Å². The third kappa shape index (κ3) is 5.70. The summed E-state index contributed by atoms with van der Waals surface area (Å²) in [6, 6.07) is 16.1. The van der Waals surface area contributed by atoms with E-state index in [0.717, 1.165) is 47.2 Å². The molecule has 2 heterocycles. The largest absolute Gasteiger partial charge is 0.508 e.